The maximum absolute atomic E-state index is 5.80. The molecule has 1 atom stereocenters. The van der Waals surface area contributed by atoms with Crippen LogP contribution < -0.4 is 5.32 Å². The Bertz CT molecular complexity index is 530. The summed E-state index contributed by atoms with van der Waals surface area (Å²) in [5, 5.41) is 5.84. The number of nitrogens with one attached hydrogen (secondary N) is 1. The Morgan fingerprint density at radius 3 is 2.95 bits per heavy atom. The van der Waals surface area contributed by atoms with Crippen LogP contribution in [0.25, 0.3) is 10.8 Å². The molecule has 1 unspecified atom stereocenters. The van der Waals surface area contributed by atoms with E-state index < -0.39 is 0 Å². The molecular formula is C16H19NO2. The molecule has 1 heterocycles. The second-order valence-electron chi connectivity index (χ2n) is 4.85. The third-order valence-electron chi connectivity index (χ3n) is 3.45. The first-order valence-corrected chi connectivity index (χ1v) is 6.80. The largest absolute Gasteiger partial charge is 0.374 e. The second-order valence-corrected chi connectivity index (χ2v) is 4.85. The maximum Gasteiger partial charge on any atom is 0.0933 e. The first-order chi connectivity index (χ1) is 9.43. The number of rotatable bonds is 4. The molecule has 1 aliphatic rings. The third kappa shape index (κ3) is 3.13. The summed E-state index contributed by atoms with van der Waals surface area (Å²) in [6.45, 7) is 3.90. The summed E-state index contributed by atoms with van der Waals surface area (Å²) in [5.41, 5.74) is 1.24. The quantitative estimate of drug-likeness (QED) is 0.912. The monoisotopic (exact) mass is 257 g/mol. The SMILES string of the molecule is c1ccc2c(COCC3CNCCO3)cccc2c1. The van der Waals surface area contributed by atoms with E-state index in [4.69, 9.17) is 9.47 Å². The molecule has 3 heteroatoms. The van der Waals surface area contributed by atoms with Crippen molar-refractivity contribution in [3.63, 3.8) is 0 Å². The van der Waals surface area contributed by atoms with Crippen molar-refractivity contribution in [3.8, 4) is 0 Å². The number of morpholine rings is 1. The summed E-state index contributed by atoms with van der Waals surface area (Å²) in [6, 6.07) is 14.8. The molecule has 0 saturated carbocycles. The van der Waals surface area contributed by atoms with Crippen LogP contribution in [0.2, 0.25) is 0 Å². The van der Waals surface area contributed by atoms with Crippen molar-refractivity contribution >= 4 is 10.8 Å². The van der Waals surface area contributed by atoms with Gasteiger partial charge in [-0.3, -0.25) is 0 Å². The summed E-state index contributed by atoms with van der Waals surface area (Å²) < 4.78 is 11.4. The molecule has 0 radical (unpaired) electrons. The lowest BCUT2D eigenvalue weighted by Crippen LogP contribution is -2.40. The normalized spacial score (nSPS) is 19.7. The molecule has 3 rings (SSSR count). The number of benzene rings is 2. The molecule has 0 spiro atoms. The predicted molar refractivity (Wildman–Crippen MR) is 76.2 cm³/mol. The molecule has 1 fully saturated rings. The van der Waals surface area contributed by atoms with Crippen molar-refractivity contribution in [1.82, 2.24) is 5.32 Å². The molecule has 3 nitrogen and oxygen atoms in total. The topological polar surface area (TPSA) is 30.5 Å². The van der Waals surface area contributed by atoms with Gasteiger partial charge in [0.05, 0.1) is 25.9 Å². The highest BCUT2D eigenvalue weighted by Gasteiger charge is 2.13. The van der Waals surface area contributed by atoms with Crippen LogP contribution in [0.4, 0.5) is 0 Å². The Balaban J connectivity index is 1.62. The molecule has 0 bridgehead atoms. The molecule has 19 heavy (non-hydrogen) atoms. The lowest BCUT2D eigenvalue weighted by molar-refractivity contribution is -0.0355. The molecular weight excluding hydrogens is 238 g/mol. The van der Waals surface area contributed by atoms with Gasteiger partial charge >= 0.3 is 0 Å². The van der Waals surface area contributed by atoms with Crippen molar-refractivity contribution < 1.29 is 9.47 Å². The number of fused-ring (bicyclic) bond motifs is 1. The van der Waals surface area contributed by atoms with E-state index >= 15 is 0 Å². The zero-order valence-corrected chi connectivity index (χ0v) is 11.0. The minimum atomic E-state index is 0.184. The van der Waals surface area contributed by atoms with Gasteiger partial charge in [0, 0.05) is 13.1 Å². The first kappa shape index (κ1) is 12.6. The number of hydrogen-bond acceptors (Lipinski definition) is 3. The predicted octanol–water partition coefficient (Wildman–Crippen LogP) is 2.34. The lowest BCUT2D eigenvalue weighted by atomic mass is 10.1. The average molecular weight is 257 g/mol. The van der Waals surface area contributed by atoms with Gasteiger partial charge in [-0.1, -0.05) is 42.5 Å². The van der Waals surface area contributed by atoms with Crippen LogP contribution in [-0.4, -0.2) is 32.4 Å². The van der Waals surface area contributed by atoms with Crippen LogP contribution >= 0.6 is 0 Å². The highest BCUT2D eigenvalue weighted by Crippen LogP contribution is 2.19. The Hall–Kier alpha value is -1.42. The number of hydrogen-bond donors (Lipinski definition) is 1. The van der Waals surface area contributed by atoms with Gasteiger partial charge in [0.15, 0.2) is 0 Å². The molecule has 0 aliphatic carbocycles. The van der Waals surface area contributed by atoms with Crippen molar-refractivity contribution in [3.05, 3.63) is 48.0 Å². The molecule has 0 aromatic heterocycles. The van der Waals surface area contributed by atoms with Gasteiger partial charge < -0.3 is 14.8 Å². The van der Waals surface area contributed by atoms with E-state index in [1.165, 1.54) is 16.3 Å². The van der Waals surface area contributed by atoms with E-state index in [2.05, 4.69) is 47.8 Å². The first-order valence-electron chi connectivity index (χ1n) is 6.80. The summed E-state index contributed by atoms with van der Waals surface area (Å²) in [5.74, 6) is 0. The second kappa shape index (κ2) is 6.15. The molecule has 1 saturated heterocycles. The van der Waals surface area contributed by atoms with Crippen molar-refractivity contribution in [2.24, 2.45) is 0 Å². The van der Waals surface area contributed by atoms with Crippen LogP contribution in [0.15, 0.2) is 42.5 Å². The maximum atomic E-state index is 5.80. The van der Waals surface area contributed by atoms with E-state index in [0.29, 0.717) is 13.2 Å². The van der Waals surface area contributed by atoms with Crippen LogP contribution in [0.5, 0.6) is 0 Å². The van der Waals surface area contributed by atoms with Crippen LogP contribution in [0.1, 0.15) is 5.56 Å². The van der Waals surface area contributed by atoms with Gasteiger partial charge in [0.2, 0.25) is 0 Å². The summed E-state index contributed by atoms with van der Waals surface area (Å²) in [4.78, 5) is 0. The smallest absolute Gasteiger partial charge is 0.0933 e. The Morgan fingerprint density at radius 1 is 1.16 bits per heavy atom. The fraction of sp³-hybridized carbons (Fsp3) is 0.375. The minimum Gasteiger partial charge on any atom is -0.374 e. The van der Waals surface area contributed by atoms with Gasteiger partial charge in [-0.15, -0.1) is 0 Å². The van der Waals surface area contributed by atoms with Gasteiger partial charge in [0.1, 0.15) is 0 Å². The highest BCUT2D eigenvalue weighted by molar-refractivity contribution is 5.85. The van der Waals surface area contributed by atoms with E-state index in [1.807, 2.05) is 0 Å². The van der Waals surface area contributed by atoms with Crippen LogP contribution in [0.3, 0.4) is 0 Å². The van der Waals surface area contributed by atoms with Crippen LogP contribution in [0, 0.1) is 0 Å². The Kier molecular flexibility index (Phi) is 4.08. The van der Waals surface area contributed by atoms with Gasteiger partial charge in [-0.2, -0.15) is 0 Å². The molecule has 0 amide bonds. The zero-order chi connectivity index (χ0) is 12.9. The van der Waals surface area contributed by atoms with Crippen molar-refractivity contribution in [2.75, 3.05) is 26.3 Å². The zero-order valence-electron chi connectivity index (χ0n) is 11.0. The van der Waals surface area contributed by atoms with E-state index in [-0.39, 0.29) is 6.10 Å². The van der Waals surface area contributed by atoms with Crippen molar-refractivity contribution in [2.45, 2.75) is 12.7 Å². The standard InChI is InChI=1S/C16H19NO2/c1-2-7-16-13(4-1)5-3-6-14(16)11-18-12-15-10-17-8-9-19-15/h1-7,15,17H,8-12H2. The van der Waals surface area contributed by atoms with Gasteiger partial charge in [-0.05, 0) is 16.3 Å². The lowest BCUT2D eigenvalue weighted by Gasteiger charge is -2.23. The highest BCUT2D eigenvalue weighted by atomic mass is 16.5. The fourth-order valence-corrected chi connectivity index (χ4v) is 2.45. The molecule has 1 N–H and O–H groups in total. The molecule has 2 aromatic rings. The molecule has 1 aliphatic heterocycles. The fourth-order valence-electron chi connectivity index (χ4n) is 2.45. The minimum absolute atomic E-state index is 0.184. The molecule has 100 valence electrons. The number of ether oxygens (including phenoxy) is 2. The average Bonchev–Trinajstić information content (AvgIpc) is 2.49. The summed E-state index contributed by atoms with van der Waals surface area (Å²) in [6.07, 6.45) is 0.184. The van der Waals surface area contributed by atoms with Gasteiger partial charge in [0.25, 0.3) is 0 Å². The third-order valence-corrected chi connectivity index (χ3v) is 3.45. The van der Waals surface area contributed by atoms with Crippen molar-refractivity contribution in [1.29, 1.82) is 0 Å². The molecule has 2 aromatic carbocycles. The van der Waals surface area contributed by atoms with E-state index in [1.54, 1.807) is 0 Å². The Labute approximate surface area is 113 Å². The van der Waals surface area contributed by atoms with E-state index in [0.717, 1.165) is 19.7 Å². The van der Waals surface area contributed by atoms with Crippen LogP contribution in [-0.2, 0) is 16.1 Å². The van der Waals surface area contributed by atoms with Gasteiger partial charge in [-0.25, -0.2) is 0 Å². The summed E-state index contributed by atoms with van der Waals surface area (Å²) >= 11 is 0. The van der Waals surface area contributed by atoms with E-state index in [9.17, 15) is 0 Å². The summed E-state index contributed by atoms with van der Waals surface area (Å²) in [7, 11) is 0. The Morgan fingerprint density at radius 2 is 2.05 bits per heavy atom.